The van der Waals surface area contributed by atoms with Crippen LogP contribution in [0.2, 0.25) is 0 Å². The molecule has 3 heteroatoms. The van der Waals surface area contributed by atoms with E-state index in [4.69, 9.17) is 0 Å². The van der Waals surface area contributed by atoms with Crippen molar-refractivity contribution in [2.24, 2.45) is 15.0 Å². The maximum absolute atomic E-state index is 4.02. The first kappa shape index (κ1) is 6.86. The van der Waals surface area contributed by atoms with Crippen LogP contribution in [0.5, 0.6) is 0 Å². The Morgan fingerprint density at radius 2 is 2.60 bits per heavy atom. The van der Waals surface area contributed by atoms with Gasteiger partial charge in [-0.2, -0.15) is 0 Å². The first-order chi connectivity index (χ1) is 4.93. The van der Waals surface area contributed by atoms with Crippen LogP contribution in [-0.4, -0.2) is 24.8 Å². The Kier molecular flexibility index (Phi) is 2.55. The minimum absolute atomic E-state index is 0.692. The van der Waals surface area contributed by atoms with Crippen molar-refractivity contribution in [3.05, 3.63) is 12.3 Å². The van der Waals surface area contributed by atoms with Crippen molar-refractivity contribution >= 4 is 18.3 Å². The summed E-state index contributed by atoms with van der Waals surface area (Å²) in [5.41, 5.74) is 0. The second-order valence-electron chi connectivity index (χ2n) is 1.77. The maximum Gasteiger partial charge on any atom is 0.165 e. The van der Waals surface area contributed by atoms with E-state index in [-0.39, 0.29) is 0 Å². The Morgan fingerprint density at radius 1 is 1.70 bits per heavy atom. The van der Waals surface area contributed by atoms with Crippen molar-refractivity contribution in [1.82, 2.24) is 0 Å². The van der Waals surface area contributed by atoms with Crippen LogP contribution < -0.4 is 0 Å². The molecule has 0 saturated carbocycles. The lowest BCUT2D eigenvalue weighted by molar-refractivity contribution is 1.37. The standard InChI is InChI=1S/C7H9N3/c1-2-3-8-6-7-9-4-5-10-7/h2-4,6H,5H2,1H3/b3-2-,8-6?. The van der Waals surface area contributed by atoms with Crippen molar-refractivity contribution in [1.29, 1.82) is 0 Å². The van der Waals surface area contributed by atoms with E-state index in [0.717, 1.165) is 0 Å². The quantitative estimate of drug-likeness (QED) is 0.508. The van der Waals surface area contributed by atoms with Crippen LogP contribution in [0.15, 0.2) is 27.3 Å². The number of hydrogen-bond donors (Lipinski definition) is 0. The van der Waals surface area contributed by atoms with Crippen molar-refractivity contribution in [2.75, 3.05) is 6.54 Å². The summed E-state index contributed by atoms with van der Waals surface area (Å²) in [6, 6.07) is 0. The molecule has 0 aromatic rings. The van der Waals surface area contributed by atoms with Crippen LogP contribution in [0.3, 0.4) is 0 Å². The van der Waals surface area contributed by atoms with Crippen molar-refractivity contribution in [3.63, 3.8) is 0 Å². The van der Waals surface area contributed by atoms with Crippen molar-refractivity contribution in [2.45, 2.75) is 6.92 Å². The molecule has 0 unspecified atom stereocenters. The van der Waals surface area contributed by atoms with Gasteiger partial charge >= 0.3 is 0 Å². The minimum atomic E-state index is 0.692. The number of aliphatic imine (C=N–C) groups is 3. The lowest BCUT2D eigenvalue weighted by atomic mass is 10.6. The van der Waals surface area contributed by atoms with E-state index >= 15 is 0 Å². The summed E-state index contributed by atoms with van der Waals surface area (Å²) < 4.78 is 0. The van der Waals surface area contributed by atoms with Crippen LogP contribution in [-0.2, 0) is 0 Å². The van der Waals surface area contributed by atoms with Gasteiger partial charge in [-0.05, 0) is 6.92 Å². The molecule has 0 aliphatic carbocycles. The molecule has 3 nitrogen and oxygen atoms in total. The first-order valence-electron chi connectivity index (χ1n) is 3.15. The third-order valence-electron chi connectivity index (χ3n) is 0.984. The van der Waals surface area contributed by atoms with Crippen molar-refractivity contribution < 1.29 is 0 Å². The van der Waals surface area contributed by atoms with E-state index in [1.807, 2.05) is 13.0 Å². The van der Waals surface area contributed by atoms with E-state index < -0.39 is 0 Å². The number of allylic oxidation sites excluding steroid dienone is 1. The summed E-state index contributed by atoms with van der Waals surface area (Å²) in [4.78, 5) is 11.9. The molecule has 0 N–H and O–H groups in total. The van der Waals surface area contributed by atoms with Gasteiger partial charge in [-0.3, -0.25) is 9.98 Å². The van der Waals surface area contributed by atoms with E-state index in [9.17, 15) is 0 Å². The molecule has 1 heterocycles. The molecule has 0 fully saturated rings. The van der Waals surface area contributed by atoms with E-state index in [0.29, 0.717) is 12.4 Å². The van der Waals surface area contributed by atoms with Crippen LogP contribution in [0, 0.1) is 0 Å². The first-order valence-corrected chi connectivity index (χ1v) is 3.15. The maximum atomic E-state index is 4.02. The number of amidine groups is 1. The molecule has 52 valence electrons. The summed E-state index contributed by atoms with van der Waals surface area (Å²) in [5, 5.41) is 0. The van der Waals surface area contributed by atoms with Crippen LogP contribution in [0.4, 0.5) is 0 Å². The Balaban J connectivity index is 2.44. The highest BCUT2D eigenvalue weighted by Gasteiger charge is 1.93. The van der Waals surface area contributed by atoms with Gasteiger partial charge in [-0.1, -0.05) is 6.08 Å². The van der Waals surface area contributed by atoms with Gasteiger partial charge in [0, 0.05) is 12.4 Å². The van der Waals surface area contributed by atoms with Gasteiger partial charge in [0.1, 0.15) is 0 Å². The average Bonchev–Trinajstić information content (AvgIpc) is 2.41. The van der Waals surface area contributed by atoms with Crippen LogP contribution in [0.1, 0.15) is 6.92 Å². The summed E-state index contributed by atoms with van der Waals surface area (Å²) >= 11 is 0. The molecular weight excluding hydrogens is 126 g/mol. The lowest BCUT2D eigenvalue weighted by Crippen LogP contribution is -1.89. The summed E-state index contributed by atoms with van der Waals surface area (Å²) in [6.45, 7) is 2.61. The van der Waals surface area contributed by atoms with Gasteiger partial charge in [-0.15, -0.1) is 0 Å². The molecule has 0 amide bonds. The van der Waals surface area contributed by atoms with Crippen molar-refractivity contribution in [3.8, 4) is 0 Å². The minimum Gasteiger partial charge on any atom is -0.261 e. The fourth-order valence-corrected chi connectivity index (χ4v) is 0.579. The second kappa shape index (κ2) is 3.71. The predicted octanol–water partition coefficient (Wildman–Crippen LogP) is 1.07. The highest BCUT2D eigenvalue weighted by Crippen LogP contribution is 1.85. The topological polar surface area (TPSA) is 37.1 Å². The molecular formula is C7H9N3. The molecule has 10 heavy (non-hydrogen) atoms. The molecule has 0 bridgehead atoms. The third kappa shape index (κ3) is 1.93. The molecule has 1 aliphatic heterocycles. The predicted molar refractivity (Wildman–Crippen MR) is 44.1 cm³/mol. The molecule has 0 spiro atoms. The second-order valence-corrected chi connectivity index (χ2v) is 1.77. The smallest absolute Gasteiger partial charge is 0.165 e. The Morgan fingerprint density at radius 3 is 3.20 bits per heavy atom. The number of nitrogens with zero attached hydrogens (tertiary/aromatic N) is 3. The van der Waals surface area contributed by atoms with Gasteiger partial charge in [0.15, 0.2) is 5.84 Å². The van der Waals surface area contributed by atoms with Gasteiger partial charge < -0.3 is 0 Å². The Labute approximate surface area is 59.9 Å². The van der Waals surface area contributed by atoms with Gasteiger partial charge in [0.25, 0.3) is 0 Å². The Hall–Kier alpha value is -1.25. The fourth-order valence-electron chi connectivity index (χ4n) is 0.579. The number of hydrogen-bond acceptors (Lipinski definition) is 3. The monoisotopic (exact) mass is 135 g/mol. The summed E-state index contributed by atoms with van der Waals surface area (Å²) in [5.74, 6) is 0.707. The normalized spacial score (nSPS) is 17.5. The Bertz CT molecular complexity index is 211. The molecule has 0 saturated heterocycles. The summed E-state index contributed by atoms with van der Waals surface area (Å²) in [6.07, 6.45) is 6.96. The zero-order valence-corrected chi connectivity index (χ0v) is 5.86. The SMILES string of the molecule is C/C=C\N=CC1=NCC=N1. The molecule has 0 aromatic heterocycles. The highest BCUT2D eigenvalue weighted by atomic mass is 15.0. The van der Waals surface area contributed by atoms with E-state index in [1.54, 1.807) is 18.6 Å². The van der Waals surface area contributed by atoms with E-state index in [1.165, 1.54) is 0 Å². The van der Waals surface area contributed by atoms with Crippen LogP contribution in [0.25, 0.3) is 0 Å². The molecule has 1 rings (SSSR count). The molecule has 0 atom stereocenters. The lowest BCUT2D eigenvalue weighted by Gasteiger charge is -1.79. The highest BCUT2D eigenvalue weighted by molar-refractivity contribution is 6.32. The van der Waals surface area contributed by atoms with Gasteiger partial charge in [0.05, 0.1) is 12.8 Å². The third-order valence-corrected chi connectivity index (χ3v) is 0.984. The zero-order chi connectivity index (χ0) is 7.23. The molecule has 0 aromatic carbocycles. The zero-order valence-electron chi connectivity index (χ0n) is 5.86. The average molecular weight is 135 g/mol. The largest absolute Gasteiger partial charge is 0.261 e. The summed E-state index contributed by atoms with van der Waals surface area (Å²) in [7, 11) is 0. The number of rotatable bonds is 2. The van der Waals surface area contributed by atoms with Gasteiger partial charge in [-0.25, -0.2) is 4.99 Å². The fraction of sp³-hybridized carbons (Fsp3) is 0.286. The molecule has 0 radical (unpaired) electrons. The van der Waals surface area contributed by atoms with E-state index in [2.05, 4.69) is 15.0 Å². The van der Waals surface area contributed by atoms with Gasteiger partial charge in [0.2, 0.25) is 0 Å². The van der Waals surface area contributed by atoms with Crippen LogP contribution >= 0.6 is 0 Å². The molecule has 1 aliphatic rings.